The molecule has 0 spiro atoms. The molecule has 2 rings (SSSR count). The van der Waals surface area contributed by atoms with Crippen LogP contribution in [0.15, 0.2) is 42.5 Å². The van der Waals surface area contributed by atoms with Crippen molar-refractivity contribution in [2.45, 2.75) is 26.2 Å². The van der Waals surface area contributed by atoms with Crippen LogP contribution in [-0.2, 0) is 10.1 Å². The number of methoxy groups -OCH3 is 1. The Morgan fingerprint density at radius 3 is 2.39 bits per heavy atom. The zero-order valence-electron chi connectivity index (χ0n) is 13.9. The van der Waals surface area contributed by atoms with Gasteiger partial charge in [-0.1, -0.05) is 38.1 Å². The van der Waals surface area contributed by atoms with Gasteiger partial charge in [-0.05, 0) is 41.7 Å². The second-order valence-electron chi connectivity index (χ2n) is 5.55. The molecule has 4 nitrogen and oxygen atoms in total. The first-order valence-electron chi connectivity index (χ1n) is 7.52. The van der Waals surface area contributed by atoms with Gasteiger partial charge >= 0.3 is 10.1 Å². The Balaban J connectivity index is 2.60. The molecule has 124 valence electrons. The number of rotatable bonds is 6. The lowest BCUT2D eigenvalue weighted by Crippen LogP contribution is -2.06. The third-order valence-corrected chi connectivity index (χ3v) is 4.31. The van der Waals surface area contributed by atoms with Gasteiger partial charge in [0.25, 0.3) is 0 Å². The van der Waals surface area contributed by atoms with Gasteiger partial charge in [-0.3, -0.25) is 0 Å². The van der Waals surface area contributed by atoms with Crippen molar-refractivity contribution in [1.29, 1.82) is 0 Å². The van der Waals surface area contributed by atoms with Crippen molar-refractivity contribution in [3.8, 4) is 22.6 Å². The van der Waals surface area contributed by atoms with E-state index >= 15 is 0 Å². The molecule has 5 heteroatoms. The fourth-order valence-electron chi connectivity index (χ4n) is 2.52. The van der Waals surface area contributed by atoms with E-state index in [2.05, 4.69) is 19.9 Å². The maximum Gasteiger partial charge on any atom is 0.306 e. The Kier molecular flexibility index (Phi) is 5.31. The number of hydrogen-bond acceptors (Lipinski definition) is 4. The standard InChI is InChI=1S/C18H22O4S/c1-5-13(2)15-8-6-7-9-16(15)17-12-14(22-23(4,19)20)10-11-18(17)21-3/h6-13H,5H2,1-4H3. The van der Waals surface area contributed by atoms with Crippen molar-refractivity contribution in [2.75, 3.05) is 13.4 Å². The van der Waals surface area contributed by atoms with E-state index in [1.54, 1.807) is 25.3 Å². The predicted molar refractivity (Wildman–Crippen MR) is 92.6 cm³/mol. The second-order valence-corrected chi connectivity index (χ2v) is 7.12. The second kappa shape index (κ2) is 7.04. The van der Waals surface area contributed by atoms with Gasteiger partial charge in [-0.15, -0.1) is 0 Å². The minimum Gasteiger partial charge on any atom is -0.496 e. The van der Waals surface area contributed by atoms with Gasteiger partial charge in [0.2, 0.25) is 0 Å². The zero-order chi connectivity index (χ0) is 17.0. The topological polar surface area (TPSA) is 52.6 Å². The lowest BCUT2D eigenvalue weighted by atomic mass is 9.90. The highest BCUT2D eigenvalue weighted by atomic mass is 32.2. The summed E-state index contributed by atoms with van der Waals surface area (Å²) in [7, 11) is -1.97. The third-order valence-electron chi connectivity index (χ3n) is 3.81. The molecule has 0 bridgehead atoms. The maximum atomic E-state index is 11.4. The van der Waals surface area contributed by atoms with Crippen molar-refractivity contribution in [1.82, 2.24) is 0 Å². The Bertz CT molecular complexity index is 781. The highest BCUT2D eigenvalue weighted by Crippen LogP contribution is 2.38. The third kappa shape index (κ3) is 4.26. The van der Waals surface area contributed by atoms with Crippen molar-refractivity contribution < 1.29 is 17.3 Å². The van der Waals surface area contributed by atoms with Crippen LogP contribution in [0.4, 0.5) is 0 Å². The zero-order valence-corrected chi connectivity index (χ0v) is 14.7. The molecular formula is C18H22O4S. The molecule has 1 unspecified atom stereocenters. The highest BCUT2D eigenvalue weighted by molar-refractivity contribution is 7.86. The first-order chi connectivity index (χ1) is 10.9. The molecule has 0 saturated heterocycles. The van der Waals surface area contributed by atoms with Gasteiger partial charge in [0.05, 0.1) is 13.4 Å². The quantitative estimate of drug-likeness (QED) is 0.742. The van der Waals surface area contributed by atoms with E-state index in [0.717, 1.165) is 23.8 Å². The van der Waals surface area contributed by atoms with Gasteiger partial charge < -0.3 is 8.92 Å². The number of hydrogen-bond donors (Lipinski definition) is 0. The maximum absolute atomic E-state index is 11.4. The van der Waals surface area contributed by atoms with Crippen molar-refractivity contribution in [3.05, 3.63) is 48.0 Å². The van der Waals surface area contributed by atoms with Crippen LogP contribution in [0.2, 0.25) is 0 Å². The summed E-state index contributed by atoms with van der Waals surface area (Å²) in [5.41, 5.74) is 3.05. The molecule has 23 heavy (non-hydrogen) atoms. The molecule has 0 saturated carbocycles. The van der Waals surface area contributed by atoms with Crippen molar-refractivity contribution in [2.24, 2.45) is 0 Å². The van der Waals surface area contributed by atoms with Crippen LogP contribution in [0.5, 0.6) is 11.5 Å². The van der Waals surface area contributed by atoms with Gasteiger partial charge in [-0.2, -0.15) is 8.42 Å². The molecule has 2 aromatic carbocycles. The fourth-order valence-corrected chi connectivity index (χ4v) is 2.97. The smallest absolute Gasteiger partial charge is 0.306 e. The van der Waals surface area contributed by atoms with Crippen LogP contribution < -0.4 is 8.92 Å². The molecule has 0 aliphatic rings. The largest absolute Gasteiger partial charge is 0.496 e. The van der Waals surface area contributed by atoms with Crippen molar-refractivity contribution in [3.63, 3.8) is 0 Å². The lowest BCUT2D eigenvalue weighted by Gasteiger charge is -2.17. The van der Waals surface area contributed by atoms with Crippen LogP contribution in [0.1, 0.15) is 31.7 Å². The molecule has 0 heterocycles. The first kappa shape index (κ1) is 17.3. The van der Waals surface area contributed by atoms with E-state index in [4.69, 9.17) is 8.92 Å². The Morgan fingerprint density at radius 1 is 1.09 bits per heavy atom. The van der Waals surface area contributed by atoms with Crippen LogP contribution in [0.25, 0.3) is 11.1 Å². The highest BCUT2D eigenvalue weighted by Gasteiger charge is 2.16. The average molecular weight is 334 g/mol. The van der Waals surface area contributed by atoms with Crippen molar-refractivity contribution >= 4 is 10.1 Å². The van der Waals surface area contributed by atoms with Gasteiger partial charge in [-0.25, -0.2) is 0 Å². The van der Waals surface area contributed by atoms with Crippen LogP contribution >= 0.6 is 0 Å². The number of benzene rings is 2. The number of ether oxygens (including phenoxy) is 1. The summed E-state index contributed by atoms with van der Waals surface area (Å²) in [5.74, 6) is 1.35. The molecule has 1 atom stereocenters. The lowest BCUT2D eigenvalue weighted by molar-refractivity contribution is 0.415. The minimum atomic E-state index is -3.57. The van der Waals surface area contributed by atoms with E-state index in [1.807, 2.05) is 18.2 Å². The van der Waals surface area contributed by atoms with E-state index in [0.29, 0.717) is 11.7 Å². The molecule has 0 aromatic heterocycles. The first-order valence-corrected chi connectivity index (χ1v) is 9.34. The molecule has 0 radical (unpaired) electrons. The average Bonchev–Trinajstić information content (AvgIpc) is 2.52. The van der Waals surface area contributed by atoms with E-state index < -0.39 is 10.1 Å². The fraction of sp³-hybridized carbons (Fsp3) is 0.333. The summed E-state index contributed by atoms with van der Waals surface area (Å²) in [6, 6.07) is 13.1. The summed E-state index contributed by atoms with van der Waals surface area (Å²) < 4.78 is 33.2. The summed E-state index contributed by atoms with van der Waals surface area (Å²) in [6.07, 6.45) is 2.04. The van der Waals surface area contributed by atoms with Crippen LogP contribution in [0.3, 0.4) is 0 Å². The van der Waals surface area contributed by atoms with Gasteiger partial charge in [0.1, 0.15) is 11.5 Å². The molecule has 0 aliphatic heterocycles. The minimum absolute atomic E-state index is 0.280. The molecule has 2 aromatic rings. The predicted octanol–water partition coefficient (Wildman–Crippen LogP) is 4.21. The Labute approximate surface area is 138 Å². The molecule has 0 amide bonds. The van der Waals surface area contributed by atoms with Gasteiger partial charge in [0.15, 0.2) is 0 Å². The molecule has 0 fully saturated rings. The molecule has 0 aliphatic carbocycles. The van der Waals surface area contributed by atoms with E-state index in [-0.39, 0.29) is 5.75 Å². The molecule has 0 N–H and O–H groups in total. The summed E-state index contributed by atoms with van der Waals surface area (Å²) in [4.78, 5) is 0. The molecular weight excluding hydrogens is 312 g/mol. The normalized spacial score (nSPS) is 12.7. The summed E-state index contributed by atoms with van der Waals surface area (Å²) in [6.45, 7) is 4.31. The van der Waals surface area contributed by atoms with Crippen LogP contribution in [0, 0.1) is 0 Å². The van der Waals surface area contributed by atoms with Gasteiger partial charge in [0, 0.05) is 5.56 Å². The Morgan fingerprint density at radius 2 is 1.78 bits per heavy atom. The monoisotopic (exact) mass is 334 g/mol. The summed E-state index contributed by atoms with van der Waals surface area (Å²) in [5, 5.41) is 0. The SMILES string of the molecule is CCC(C)c1ccccc1-c1cc(OS(C)(=O)=O)ccc1OC. The Hall–Kier alpha value is -2.01. The van der Waals surface area contributed by atoms with E-state index in [9.17, 15) is 8.42 Å². The summed E-state index contributed by atoms with van der Waals surface area (Å²) >= 11 is 0. The van der Waals surface area contributed by atoms with Crippen LogP contribution in [-0.4, -0.2) is 21.8 Å². The van der Waals surface area contributed by atoms with E-state index in [1.165, 1.54) is 5.56 Å².